The lowest BCUT2D eigenvalue weighted by molar-refractivity contribution is -0.150. The lowest BCUT2D eigenvalue weighted by Gasteiger charge is -2.18. The van der Waals surface area contributed by atoms with E-state index >= 15 is 0 Å². The van der Waals surface area contributed by atoms with Crippen LogP contribution in [0.5, 0.6) is 0 Å². The molecule has 2 N–H and O–H groups in total. The second-order valence-electron chi connectivity index (χ2n) is 6.62. The van der Waals surface area contributed by atoms with Crippen molar-refractivity contribution in [3.63, 3.8) is 0 Å². The van der Waals surface area contributed by atoms with Crippen molar-refractivity contribution >= 4 is 41.1 Å². The minimum atomic E-state index is -0.811. The summed E-state index contributed by atoms with van der Waals surface area (Å²) in [5.41, 5.74) is 0.400. The molecule has 1 aliphatic rings. The molecule has 1 saturated carbocycles. The summed E-state index contributed by atoms with van der Waals surface area (Å²) in [6, 6.07) is 5.67. The quantitative estimate of drug-likeness (QED) is 0.577. The molecule has 2 atom stereocenters. The van der Waals surface area contributed by atoms with Gasteiger partial charge in [-0.3, -0.25) is 9.59 Å². The maximum atomic E-state index is 12.4. The predicted octanol–water partition coefficient (Wildman–Crippen LogP) is 2.65. The highest BCUT2D eigenvalue weighted by atomic mass is 35.5. The lowest BCUT2D eigenvalue weighted by atomic mass is 10.1. The summed E-state index contributed by atoms with van der Waals surface area (Å²) in [4.78, 5) is 36.6. The number of rotatable bonds is 10. The Labute approximate surface area is 168 Å². The molecule has 148 valence electrons. The Bertz CT molecular complexity index is 664. The zero-order chi connectivity index (χ0) is 19.8. The second kappa shape index (κ2) is 10.6. The number of thioether (sulfide) groups is 1. The molecule has 0 unspecified atom stereocenters. The number of hydrogen-bond donors (Lipinski definition) is 2. The Balaban J connectivity index is 1.87. The number of nitrogens with one attached hydrogen (secondary N) is 2. The fourth-order valence-corrected chi connectivity index (χ4v) is 3.17. The van der Waals surface area contributed by atoms with Crippen LogP contribution in [0.2, 0.25) is 5.02 Å². The molecular formula is C19H25ClN2O4S. The van der Waals surface area contributed by atoms with E-state index in [1.54, 1.807) is 36.0 Å². The Morgan fingerprint density at radius 3 is 2.48 bits per heavy atom. The SMILES string of the molecule is CSCC[C@H](NC(=O)c1ccc(Cl)cc1)C(=O)OCC(=O)N[C@H](C)C1CC1. The first-order valence-corrected chi connectivity index (χ1v) is 10.7. The van der Waals surface area contributed by atoms with Crippen molar-refractivity contribution in [2.45, 2.75) is 38.3 Å². The molecule has 0 aliphatic heterocycles. The predicted molar refractivity (Wildman–Crippen MR) is 107 cm³/mol. The van der Waals surface area contributed by atoms with Gasteiger partial charge < -0.3 is 15.4 Å². The summed E-state index contributed by atoms with van der Waals surface area (Å²) in [7, 11) is 0. The van der Waals surface area contributed by atoms with Crippen LogP contribution in [0.3, 0.4) is 0 Å². The van der Waals surface area contributed by atoms with E-state index in [-0.39, 0.29) is 24.5 Å². The molecule has 2 rings (SSSR count). The van der Waals surface area contributed by atoms with Crippen molar-refractivity contribution in [1.29, 1.82) is 0 Å². The van der Waals surface area contributed by atoms with E-state index < -0.39 is 12.0 Å². The monoisotopic (exact) mass is 412 g/mol. The third kappa shape index (κ3) is 7.42. The number of carbonyl (C=O) groups is 3. The normalized spacial score (nSPS) is 15.5. The fourth-order valence-electron chi connectivity index (χ4n) is 2.57. The molecule has 0 heterocycles. The molecular weight excluding hydrogens is 388 g/mol. The van der Waals surface area contributed by atoms with E-state index in [4.69, 9.17) is 16.3 Å². The molecule has 2 amide bonds. The van der Waals surface area contributed by atoms with E-state index in [9.17, 15) is 14.4 Å². The average Bonchev–Trinajstić information content (AvgIpc) is 3.48. The molecule has 1 fully saturated rings. The van der Waals surface area contributed by atoms with Crippen molar-refractivity contribution in [1.82, 2.24) is 10.6 Å². The molecule has 8 heteroatoms. The molecule has 0 aromatic heterocycles. The molecule has 0 radical (unpaired) electrons. The smallest absolute Gasteiger partial charge is 0.329 e. The Morgan fingerprint density at radius 2 is 1.89 bits per heavy atom. The number of hydrogen-bond acceptors (Lipinski definition) is 5. The van der Waals surface area contributed by atoms with Crippen molar-refractivity contribution in [2.24, 2.45) is 5.92 Å². The van der Waals surface area contributed by atoms with Crippen LogP contribution in [0.25, 0.3) is 0 Å². The van der Waals surface area contributed by atoms with Crippen molar-refractivity contribution in [2.75, 3.05) is 18.6 Å². The van der Waals surface area contributed by atoms with Crippen LogP contribution >= 0.6 is 23.4 Å². The molecule has 1 aliphatic carbocycles. The summed E-state index contributed by atoms with van der Waals surface area (Å²) in [6.45, 7) is 1.60. The average molecular weight is 413 g/mol. The van der Waals surface area contributed by atoms with Gasteiger partial charge in [-0.2, -0.15) is 11.8 Å². The summed E-state index contributed by atoms with van der Waals surface area (Å²) >= 11 is 7.38. The fraction of sp³-hybridized carbons (Fsp3) is 0.526. The van der Waals surface area contributed by atoms with Crippen LogP contribution in [-0.4, -0.2) is 48.5 Å². The molecule has 1 aromatic rings. The number of esters is 1. The molecule has 0 spiro atoms. The first kappa shape index (κ1) is 21.6. The van der Waals surface area contributed by atoms with Gasteiger partial charge in [0.2, 0.25) is 0 Å². The van der Waals surface area contributed by atoms with E-state index in [0.717, 1.165) is 12.8 Å². The van der Waals surface area contributed by atoms with Gasteiger partial charge in [0.1, 0.15) is 6.04 Å². The van der Waals surface area contributed by atoms with Gasteiger partial charge in [-0.05, 0) is 68.4 Å². The van der Waals surface area contributed by atoms with E-state index in [2.05, 4.69) is 10.6 Å². The summed E-state index contributed by atoms with van der Waals surface area (Å²) in [5.74, 6) is -0.124. The minimum Gasteiger partial charge on any atom is -0.454 e. The maximum absolute atomic E-state index is 12.4. The van der Waals surface area contributed by atoms with Crippen molar-refractivity contribution < 1.29 is 19.1 Å². The summed E-state index contributed by atoms with van der Waals surface area (Å²) < 4.78 is 5.12. The number of ether oxygens (including phenoxy) is 1. The molecule has 6 nitrogen and oxygen atoms in total. The van der Waals surface area contributed by atoms with Gasteiger partial charge in [0, 0.05) is 16.6 Å². The summed E-state index contributed by atoms with van der Waals surface area (Å²) in [6.07, 6.45) is 4.57. The topological polar surface area (TPSA) is 84.5 Å². The highest BCUT2D eigenvalue weighted by Crippen LogP contribution is 2.32. The zero-order valence-electron chi connectivity index (χ0n) is 15.5. The molecule has 1 aromatic carbocycles. The van der Waals surface area contributed by atoms with Crippen LogP contribution in [0.1, 0.15) is 36.5 Å². The first-order chi connectivity index (χ1) is 12.9. The van der Waals surface area contributed by atoms with E-state index in [0.29, 0.717) is 28.7 Å². The van der Waals surface area contributed by atoms with Gasteiger partial charge in [0.25, 0.3) is 11.8 Å². The molecule has 0 saturated heterocycles. The molecule has 27 heavy (non-hydrogen) atoms. The first-order valence-electron chi connectivity index (χ1n) is 8.92. The van der Waals surface area contributed by atoms with E-state index in [1.807, 2.05) is 13.2 Å². The van der Waals surface area contributed by atoms with Gasteiger partial charge in [-0.25, -0.2) is 4.79 Å². The number of amides is 2. The maximum Gasteiger partial charge on any atom is 0.329 e. The van der Waals surface area contributed by atoms with Crippen LogP contribution in [0, 0.1) is 5.92 Å². The second-order valence-corrected chi connectivity index (χ2v) is 8.04. The van der Waals surface area contributed by atoms with Gasteiger partial charge in [-0.15, -0.1) is 0 Å². The van der Waals surface area contributed by atoms with Gasteiger partial charge in [0.15, 0.2) is 6.61 Å². The van der Waals surface area contributed by atoms with Crippen molar-refractivity contribution in [3.8, 4) is 0 Å². The number of halogens is 1. The third-order valence-electron chi connectivity index (χ3n) is 4.37. The Morgan fingerprint density at radius 1 is 1.22 bits per heavy atom. The largest absolute Gasteiger partial charge is 0.454 e. The van der Waals surface area contributed by atoms with Gasteiger partial charge in [0.05, 0.1) is 0 Å². The Hall–Kier alpha value is -1.73. The van der Waals surface area contributed by atoms with Crippen LogP contribution < -0.4 is 10.6 Å². The van der Waals surface area contributed by atoms with Crippen molar-refractivity contribution in [3.05, 3.63) is 34.9 Å². The number of benzene rings is 1. The van der Waals surface area contributed by atoms with Crippen LogP contribution in [-0.2, 0) is 14.3 Å². The minimum absolute atomic E-state index is 0.0908. The van der Waals surface area contributed by atoms with Crippen LogP contribution in [0.15, 0.2) is 24.3 Å². The summed E-state index contributed by atoms with van der Waals surface area (Å²) in [5, 5.41) is 6.03. The van der Waals surface area contributed by atoms with Gasteiger partial charge in [-0.1, -0.05) is 11.6 Å². The van der Waals surface area contributed by atoms with Gasteiger partial charge >= 0.3 is 5.97 Å². The van der Waals surface area contributed by atoms with Crippen LogP contribution in [0.4, 0.5) is 0 Å². The third-order valence-corrected chi connectivity index (χ3v) is 5.27. The zero-order valence-corrected chi connectivity index (χ0v) is 17.1. The highest BCUT2D eigenvalue weighted by molar-refractivity contribution is 7.98. The highest BCUT2D eigenvalue weighted by Gasteiger charge is 2.29. The standard InChI is InChI=1S/C19H25ClN2O4S/c1-12(13-3-4-13)21-17(23)11-26-19(25)16(9-10-27-2)22-18(24)14-5-7-15(20)8-6-14/h5-8,12-13,16H,3-4,9-11H2,1-2H3,(H,21,23)(H,22,24)/t12-,16+/m1/s1. The molecule has 0 bridgehead atoms. The lowest BCUT2D eigenvalue weighted by Crippen LogP contribution is -2.44. The van der Waals surface area contributed by atoms with E-state index in [1.165, 1.54) is 0 Å². The Kier molecular flexibility index (Phi) is 8.44. The number of carbonyl (C=O) groups excluding carboxylic acids is 3.